The first-order valence-electron chi connectivity index (χ1n) is 5.36. The molecule has 0 bridgehead atoms. The fourth-order valence-corrected chi connectivity index (χ4v) is 2.04. The molecule has 0 radical (unpaired) electrons. The van der Waals surface area contributed by atoms with E-state index in [-0.39, 0.29) is 5.41 Å². The minimum atomic E-state index is -0.280. The molecule has 1 heterocycles. The van der Waals surface area contributed by atoms with Gasteiger partial charge in [0.15, 0.2) is 0 Å². The van der Waals surface area contributed by atoms with Gasteiger partial charge in [0.05, 0.1) is 23.4 Å². The van der Waals surface area contributed by atoms with Crippen LogP contribution in [0.15, 0.2) is 36.5 Å². The number of aromatic amines is 1. The van der Waals surface area contributed by atoms with E-state index in [9.17, 15) is 5.26 Å². The fourth-order valence-electron chi connectivity index (χ4n) is 2.04. The first-order chi connectivity index (χ1) is 7.86. The smallest absolute Gasteiger partial charge is 0.0860 e. The molecule has 1 saturated carbocycles. The van der Waals surface area contributed by atoms with Crippen molar-refractivity contribution in [1.82, 2.24) is 10.2 Å². The minimum absolute atomic E-state index is 0.280. The second-order valence-electron chi connectivity index (χ2n) is 4.22. The van der Waals surface area contributed by atoms with Gasteiger partial charge in [-0.2, -0.15) is 10.4 Å². The number of nitriles is 1. The third kappa shape index (κ3) is 1.24. The lowest BCUT2D eigenvalue weighted by Crippen LogP contribution is -2.02. The van der Waals surface area contributed by atoms with Gasteiger partial charge in [0.2, 0.25) is 0 Å². The molecule has 0 unspecified atom stereocenters. The second-order valence-corrected chi connectivity index (χ2v) is 4.22. The third-order valence-electron chi connectivity index (χ3n) is 3.18. The molecule has 0 aliphatic heterocycles. The van der Waals surface area contributed by atoms with E-state index in [1.807, 2.05) is 30.3 Å². The Morgan fingerprint density at radius 1 is 1.25 bits per heavy atom. The van der Waals surface area contributed by atoms with Crippen LogP contribution in [-0.4, -0.2) is 10.2 Å². The number of rotatable bonds is 2. The van der Waals surface area contributed by atoms with Gasteiger partial charge in [-0.05, 0) is 18.4 Å². The summed E-state index contributed by atoms with van der Waals surface area (Å²) in [4.78, 5) is 0. The summed E-state index contributed by atoms with van der Waals surface area (Å²) >= 11 is 0. The van der Waals surface area contributed by atoms with Crippen LogP contribution in [0.2, 0.25) is 0 Å². The van der Waals surface area contributed by atoms with Crippen LogP contribution in [0.1, 0.15) is 18.4 Å². The van der Waals surface area contributed by atoms with Crippen LogP contribution in [0.5, 0.6) is 0 Å². The van der Waals surface area contributed by atoms with Crippen LogP contribution >= 0.6 is 0 Å². The maximum absolute atomic E-state index is 9.21. The van der Waals surface area contributed by atoms with Gasteiger partial charge in [-0.15, -0.1) is 0 Å². The predicted molar refractivity (Wildman–Crippen MR) is 60.5 cm³/mol. The highest BCUT2D eigenvalue weighted by molar-refractivity contribution is 5.66. The molecule has 0 amide bonds. The van der Waals surface area contributed by atoms with Crippen LogP contribution in [0.3, 0.4) is 0 Å². The number of aromatic nitrogens is 2. The van der Waals surface area contributed by atoms with Crippen LogP contribution in [-0.2, 0) is 5.41 Å². The van der Waals surface area contributed by atoms with Gasteiger partial charge in [-0.1, -0.05) is 30.3 Å². The van der Waals surface area contributed by atoms with Crippen LogP contribution in [0.4, 0.5) is 0 Å². The van der Waals surface area contributed by atoms with Crippen LogP contribution in [0, 0.1) is 11.3 Å². The summed E-state index contributed by atoms with van der Waals surface area (Å²) in [6, 6.07) is 12.4. The summed E-state index contributed by atoms with van der Waals surface area (Å²) in [5.74, 6) is 0. The van der Waals surface area contributed by atoms with Gasteiger partial charge in [-0.3, -0.25) is 5.10 Å². The fraction of sp³-hybridized carbons (Fsp3) is 0.231. The Balaban J connectivity index is 2.11. The lowest BCUT2D eigenvalue weighted by molar-refractivity contribution is 0.912. The zero-order chi connectivity index (χ0) is 11.0. The monoisotopic (exact) mass is 209 g/mol. The van der Waals surface area contributed by atoms with Gasteiger partial charge in [0, 0.05) is 5.56 Å². The Kier molecular flexibility index (Phi) is 1.84. The molecule has 1 aliphatic carbocycles. The van der Waals surface area contributed by atoms with Crippen molar-refractivity contribution in [3.63, 3.8) is 0 Å². The maximum atomic E-state index is 9.21. The van der Waals surface area contributed by atoms with E-state index >= 15 is 0 Å². The number of hydrogen-bond donors (Lipinski definition) is 1. The van der Waals surface area contributed by atoms with Crippen molar-refractivity contribution in [2.75, 3.05) is 0 Å². The van der Waals surface area contributed by atoms with Crippen molar-refractivity contribution in [3.8, 4) is 17.3 Å². The van der Waals surface area contributed by atoms with E-state index < -0.39 is 0 Å². The van der Waals surface area contributed by atoms with Gasteiger partial charge in [-0.25, -0.2) is 0 Å². The van der Waals surface area contributed by atoms with E-state index in [1.165, 1.54) is 0 Å². The SMILES string of the molecule is N#CC1(c2cn[nH]c2-c2ccccc2)CC1. The van der Waals surface area contributed by atoms with Crippen molar-refractivity contribution in [2.45, 2.75) is 18.3 Å². The highest BCUT2D eigenvalue weighted by atomic mass is 15.1. The third-order valence-corrected chi connectivity index (χ3v) is 3.18. The molecule has 1 fully saturated rings. The molecule has 0 saturated heterocycles. The molecule has 1 N–H and O–H groups in total. The number of benzene rings is 1. The normalized spacial score (nSPS) is 16.7. The first kappa shape index (κ1) is 9.17. The van der Waals surface area contributed by atoms with Crippen molar-refractivity contribution in [1.29, 1.82) is 5.26 Å². The van der Waals surface area contributed by atoms with Crippen molar-refractivity contribution >= 4 is 0 Å². The molecule has 1 aliphatic rings. The predicted octanol–water partition coefficient (Wildman–Crippen LogP) is 2.63. The molecular weight excluding hydrogens is 198 g/mol. The number of hydrogen-bond acceptors (Lipinski definition) is 2. The van der Waals surface area contributed by atoms with E-state index in [4.69, 9.17) is 0 Å². The van der Waals surface area contributed by atoms with Crippen LogP contribution < -0.4 is 0 Å². The first-order valence-corrected chi connectivity index (χ1v) is 5.36. The molecule has 16 heavy (non-hydrogen) atoms. The molecule has 1 aromatic carbocycles. The minimum Gasteiger partial charge on any atom is -0.278 e. The largest absolute Gasteiger partial charge is 0.278 e. The van der Waals surface area contributed by atoms with E-state index in [1.54, 1.807) is 6.20 Å². The van der Waals surface area contributed by atoms with Gasteiger partial charge in [0.1, 0.15) is 0 Å². The van der Waals surface area contributed by atoms with Gasteiger partial charge in [0.25, 0.3) is 0 Å². The Hall–Kier alpha value is -2.08. The van der Waals surface area contributed by atoms with E-state index in [2.05, 4.69) is 16.3 Å². The number of H-pyrrole nitrogens is 1. The van der Waals surface area contributed by atoms with Crippen LogP contribution in [0.25, 0.3) is 11.3 Å². The standard InChI is InChI=1S/C13H11N3/c14-9-13(6-7-13)11-8-15-16-12(11)10-4-2-1-3-5-10/h1-5,8H,6-7H2,(H,15,16). The molecule has 3 rings (SSSR count). The van der Waals surface area contributed by atoms with Crippen molar-refractivity contribution < 1.29 is 0 Å². The highest BCUT2D eigenvalue weighted by Crippen LogP contribution is 2.49. The number of nitrogens with zero attached hydrogens (tertiary/aromatic N) is 2. The second kappa shape index (κ2) is 3.21. The van der Waals surface area contributed by atoms with Crippen molar-refractivity contribution in [2.24, 2.45) is 0 Å². The zero-order valence-electron chi connectivity index (χ0n) is 8.77. The maximum Gasteiger partial charge on any atom is 0.0860 e. The average molecular weight is 209 g/mol. The lowest BCUT2D eigenvalue weighted by Gasteiger charge is -2.06. The lowest BCUT2D eigenvalue weighted by atomic mass is 9.95. The summed E-state index contributed by atoms with van der Waals surface area (Å²) in [5.41, 5.74) is 2.84. The molecule has 3 heteroatoms. The molecule has 3 nitrogen and oxygen atoms in total. The number of nitrogens with one attached hydrogen (secondary N) is 1. The Bertz CT molecular complexity index is 544. The Morgan fingerprint density at radius 2 is 2.00 bits per heavy atom. The summed E-state index contributed by atoms with van der Waals surface area (Å²) in [6.07, 6.45) is 3.68. The highest BCUT2D eigenvalue weighted by Gasteiger charge is 2.47. The Labute approximate surface area is 93.7 Å². The van der Waals surface area contributed by atoms with Gasteiger partial charge >= 0.3 is 0 Å². The summed E-state index contributed by atoms with van der Waals surface area (Å²) in [6.45, 7) is 0. The molecule has 78 valence electrons. The van der Waals surface area contributed by atoms with Gasteiger partial charge < -0.3 is 0 Å². The molecule has 2 aromatic rings. The molecule has 0 spiro atoms. The quantitative estimate of drug-likeness (QED) is 0.826. The average Bonchev–Trinajstić information content (AvgIpc) is 2.99. The van der Waals surface area contributed by atoms with Crippen molar-refractivity contribution in [3.05, 3.63) is 42.1 Å². The summed E-state index contributed by atoms with van der Waals surface area (Å²) < 4.78 is 0. The Morgan fingerprint density at radius 3 is 2.62 bits per heavy atom. The molecule has 1 aromatic heterocycles. The van der Waals surface area contributed by atoms with E-state index in [0.717, 1.165) is 29.7 Å². The molecule has 0 atom stereocenters. The topological polar surface area (TPSA) is 52.5 Å². The summed E-state index contributed by atoms with van der Waals surface area (Å²) in [7, 11) is 0. The summed E-state index contributed by atoms with van der Waals surface area (Å²) in [5, 5.41) is 16.3. The molecular formula is C13H11N3. The zero-order valence-corrected chi connectivity index (χ0v) is 8.77. The van der Waals surface area contributed by atoms with E-state index in [0.29, 0.717) is 0 Å².